The van der Waals surface area contributed by atoms with E-state index in [0.29, 0.717) is 18.0 Å². The number of rotatable bonds is 2. The normalized spacial score (nSPS) is 22.9. The van der Waals surface area contributed by atoms with Gasteiger partial charge in [0.1, 0.15) is 0 Å². The number of carbonyl (C=O) groups excluding carboxylic acids is 1. The first-order valence-electron chi connectivity index (χ1n) is 7.68. The number of nitrogens with one attached hydrogen (secondary N) is 1. The maximum atomic E-state index is 12.4. The molecule has 0 aliphatic carbocycles. The van der Waals surface area contributed by atoms with E-state index in [1.807, 2.05) is 17.0 Å². The minimum Gasteiger partial charge on any atom is -0.319 e. The second-order valence-electron chi connectivity index (χ2n) is 6.24. The Morgan fingerprint density at radius 1 is 1.15 bits per heavy atom. The quantitative estimate of drug-likeness (QED) is 0.839. The van der Waals surface area contributed by atoms with Crippen molar-refractivity contribution in [2.45, 2.75) is 65.0 Å². The number of piperidine rings is 1. The second kappa shape index (κ2) is 6.29. The summed E-state index contributed by atoms with van der Waals surface area (Å²) in [5.41, 5.74) is 2.17. The molecule has 20 heavy (non-hydrogen) atoms. The molecule has 1 aliphatic rings. The molecule has 1 aliphatic heterocycles. The van der Waals surface area contributed by atoms with E-state index in [9.17, 15) is 4.79 Å². The van der Waals surface area contributed by atoms with Crippen molar-refractivity contribution in [1.82, 2.24) is 4.90 Å². The van der Waals surface area contributed by atoms with Gasteiger partial charge in [0, 0.05) is 17.8 Å². The largest absolute Gasteiger partial charge is 0.322 e. The van der Waals surface area contributed by atoms with Crippen LogP contribution in [0.4, 0.5) is 10.5 Å². The van der Waals surface area contributed by atoms with E-state index in [1.54, 1.807) is 0 Å². The van der Waals surface area contributed by atoms with Gasteiger partial charge < -0.3 is 10.2 Å². The molecule has 3 nitrogen and oxygen atoms in total. The number of nitrogens with zero attached hydrogens (tertiary/aromatic N) is 1. The van der Waals surface area contributed by atoms with E-state index < -0.39 is 0 Å². The van der Waals surface area contributed by atoms with Crippen LogP contribution in [0.5, 0.6) is 0 Å². The molecule has 1 saturated heterocycles. The first kappa shape index (κ1) is 14.9. The molecule has 3 heteroatoms. The van der Waals surface area contributed by atoms with Crippen molar-refractivity contribution in [2.75, 3.05) is 5.32 Å². The fourth-order valence-electron chi connectivity index (χ4n) is 2.96. The summed E-state index contributed by atoms with van der Waals surface area (Å²) in [6, 6.07) is 8.84. The van der Waals surface area contributed by atoms with Crippen LogP contribution in [0.2, 0.25) is 0 Å². The molecule has 1 N–H and O–H groups in total. The molecule has 0 saturated carbocycles. The van der Waals surface area contributed by atoms with Crippen molar-refractivity contribution >= 4 is 11.7 Å². The molecule has 1 heterocycles. The Hall–Kier alpha value is -1.51. The van der Waals surface area contributed by atoms with Crippen molar-refractivity contribution < 1.29 is 4.79 Å². The zero-order valence-corrected chi connectivity index (χ0v) is 13.0. The Labute approximate surface area is 122 Å². The van der Waals surface area contributed by atoms with Gasteiger partial charge in [-0.1, -0.05) is 26.0 Å². The van der Waals surface area contributed by atoms with Crippen LogP contribution in [-0.2, 0) is 0 Å². The molecular formula is C17H26N2O. The summed E-state index contributed by atoms with van der Waals surface area (Å²) in [7, 11) is 0. The Balaban J connectivity index is 2.03. The number of anilines is 1. The van der Waals surface area contributed by atoms with Gasteiger partial charge in [0.2, 0.25) is 0 Å². The highest BCUT2D eigenvalue weighted by atomic mass is 16.2. The van der Waals surface area contributed by atoms with Crippen LogP contribution in [0.25, 0.3) is 0 Å². The van der Waals surface area contributed by atoms with Crippen LogP contribution in [0.15, 0.2) is 24.3 Å². The third kappa shape index (κ3) is 3.33. The van der Waals surface area contributed by atoms with Crippen LogP contribution in [0, 0.1) is 0 Å². The lowest BCUT2D eigenvalue weighted by Crippen LogP contribution is -2.49. The van der Waals surface area contributed by atoms with Crippen molar-refractivity contribution in [1.29, 1.82) is 0 Å². The van der Waals surface area contributed by atoms with E-state index >= 15 is 0 Å². The minimum atomic E-state index is 0.0296. The number of likely N-dealkylation sites (tertiary alicyclic amines) is 1. The topological polar surface area (TPSA) is 32.3 Å². The molecule has 0 spiro atoms. The molecule has 0 radical (unpaired) electrons. The van der Waals surface area contributed by atoms with Crippen LogP contribution in [-0.4, -0.2) is 23.0 Å². The lowest BCUT2D eigenvalue weighted by molar-refractivity contribution is 0.133. The lowest BCUT2D eigenvalue weighted by Gasteiger charge is -2.38. The molecule has 1 aromatic rings. The minimum absolute atomic E-state index is 0.0296. The molecule has 110 valence electrons. The predicted octanol–water partition coefficient (Wildman–Crippen LogP) is 4.60. The third-order valence-electron chi connectivity index (χ3n) is 4.26. The van der Waals surface area contributed by atoms with Gasteiger partial charge in [-0.15, -0.1) is 0 Å². The maximum Gasteiger partial charge on any atom is 0.322 e. The Kier molecular flexibility index (Phi) is 4.69. The molecule has 1 fully saturated rings. The summed E-state index contributed by atoms with van der Waals surface area (Å²) in [6.07, 6.45) is 3.42. The standard InChI is InChI=1S/C17H26N2O/c1-12(2)15-8-10-16(11-9-15)18-17(20)19-13(3)6-5-7-14(19)4/h8-14H,5-7H2,1-4H3,(H,18,20)/t13-,14-/m1/s1. The molecule has 0 unspecified atom stereocenters. The van der Waals surface area contributed by atoms with Crippen molar-refractivity contribution in [2.24, 2.45) is 0 Å². The maximum absolute atomic E-state index is 12.4. The monoisotopic (exact) mass is 274 g/mol. The summed E-state index contributed by atoms with van der Waals surface area (Å²) in [4.78, 5) is 14.4. The van der Waals surface area contributed by atoms with Crippen molar-refractivity contribution in [3.63, 3.8) is 0 Å². The van der Waals surface area contributed by atoms with E-state index in [-0.39, 0.29) is 6.03 Å². The van der Waals surface area contributed by atoms with E-state index in [2.05, 4.69) is 45.1 Å². The molecule has 2 rings (SSSR count). The van der Waals surface area contributed by atoms with E-state index in [4.69, 9.17) is 0 Å². The highest BCUT2D eigenvalue weighted by Crippen LogP contribution is 2.24. The SMILES string of the molecule is CC(C)c1ccc(NC(=O)N2[C@H](C)CCC[C@H]2C)cc1. The van der Waals surface area contributed by atoms with Gasteiger partial charge in [-0.05, 0) is 56.7 Å². The van der Waals surface area contributed by atoms with Crippen LogP contribution in [0.3, 0.4) is 0 Å². The lowest BCUT2D eigenvalue weighted by atomic mass is 9.98. The number of carbonyl (C=O) groups is 1. The molecule has 0 aromatic heterocycles. The summed E-state index contributed by atoms with van der Waals surface area (Å²) in [5, 5.41) is 3.03. The van der Waals surface area contributed by atoms with Crippen LogP contribution < -0.4 is 5.32 Å². The number of hydrogen-bond acceptors (Lipinski definition) is 1. The van der Waals surface area contributed by atoms with Gasteiger partial charge in [0.15, 0.2) is 0 Å². The second-order valence-corrected chi connectivity index (χ2v) is 6.24. The fourth-order valence-corrected chi connectivity index (χ4v) is 2.96. The number of amides is 2. The van der Waals surface area contributed by atoms with Crippen LogP contribution >= 0.6 is 0 Å². The molecular weight excluding hydrogens is 248 g/mol. The highest BCUT2D eigenvalue weighted by molar-refractivity contribution is 5.89. The molecule has 1 aromatic carbocycles. The van der Waals surface area contributed by atoms with E-state index in [1.165, 1.54) is 12.0 Å². The molecule has 2 amide bonds. The first-order chi connectivity index (χ1) is 9.49. The summed E-state index contributed by atoms with van der Waals surface area (Å²) >= 11 is 0. The third-order valence-corrected chi connectivity index (χ3v) is 4.26. The van der Waals surface area contributed by atoms with Crippen LogP contribution in [0.1, 0.15) is 58.4 Å². The Morgan fingerprint density at radius 2 is 1.70 bits per heavy atom. The summed E-state index contributed by atoms with van der Waals surface area (Å²) in [5.74, 6) is 0.516. The fraction of sp³-hybridized carbons (Fsp3) is 0.588. The van der Waals surface area contributed by atoms with Crippen molar-refractivity contribution in [3.05, 3.63) is 29.8 Å². The number of benzene rings is 1. The predicted molar refractivity (Wildman–Crippen MR) is 84.2 cm³/mol. The Morgan fingerprint density at radius 3 is 2.20 bits per heavy atom. The highest BCUT2D eigenvalue weighted by Gasteiger charge is 2.28. The van der Waals surface area contributed by atoms with Gasteiger partial charge in [-0.3, -0.25) is 0 Å². The van der Waals surface area contributed by atoms with Gasteiger partial charge >= 0.3 is 6.03 Å². The van der Waals surface area contributed by atoms with E-state index in [0.717, 1.165) is 18.5 Å². The number of hydrogen-bond donors (Lipinski definition) is 1. The van der Waals surface area contributed by atoms with Gasteiger partial charge in [0.05, 0.1) is 0 Å². The zero-order valence-electron chi connectivity index (χ0n) is 13.0. The van der Waals surface area contributed by atoms with Crippen molar-refractivity contribution in [3.8, 4) is 0 Å². The smallest absolute Gasteiger partial charge is 0.319 e. The average Bonchev–Trinajstić information content (AvgIpc) is 2.39. The van der Waals surface area contributed by atoms with Gasteiger partial charge in [-0.25, -0.2) is 4.79 Å². The number of urea groups is 1. The average molecular weight is 274 g/mol. The molecule has 2 atom stereocenters. The van der Waals surface area contributed by atoms with Gasteiger partial charge in [-0.2, -0.15) is 0 Å². The first-order valence-corrected chi connectivity index (χ1v) is 7.68. The zero-order chi connectivity index (χ0) is 14.7. The Bertz CT molecular complexity index is 443. The molecule has 0 bridgehead atoms. The van der Waals surface area contributed by atoms with Gasteiger partial charge in [0.25, 0.3) is 0 Å². The summed E-state index contributed by atoms with van der Waals surface area (Å²) in [6.45, 7) is 8.61. The summed E-state index contributed by atoms with van der Waals surface area (Å²) < 4.78 is 0.